The molecule has 0 radical (unpaired) electrons. The number of ether oxygens (including phenoxy) is 1. The molecule has 0 spiro atoms. The van der Waals surface area contributed by atoms with E-state index in [0.29, 0.717) is 36.6 Å². The molecule has 2 aliphatic carbocycles. The van der Waals surface area contributed by atoms with Crippen molar-refractivity contribution in [1.82, 2.24) is 14.8 Å². The zero-order valence-electron chi connectivity index (χ0n) is 23.5. The van der Waals surface area contributed by atoms with Crippen molar-refractivity contribution in [3.8, 4) is 0 Å². The van der Waals surface area contributed by atoms with E-state index in [2.05, 4.69) is 23.7 Å². The van der Waals surface area contributed by atoms with Crippen LogP contribution in [-0.4, -0.2) is 59.1 Å². The molecule has 4 aliphatic rings. The normalized spacial score (nSPS) is 25.4. The van der Waals surface area contributed by atoms with Crippen molar-refractivity contribution in [3.63, 3.8) is 0 Å². The molecule has 2 aromatic heterocycles. The van der Waals surface area contributed by atoms with Crippen LogP contribution >= 0.6 is 11.3 Å². The Kier molecular flexibility index (Phi) is 7.29. The van der Waals surface area contributed by atoms with E-state index >= 15 is 0 Å². The Morgan fingerprint density at radius 1 is 1.08 bits per heavy atom. The minimum absolute atomic E-state index is 0.0763. The molecule has 3 fully saturated rings. The lowest BCUT2D eigenvalue weighted by Gasteiger charge is -2.46. The van der Waals surface area contributed by atoms with Crippen LogP contribution in [0.2, 0.25) is 0 Å². The molecule has 38 heavy (non-hydrogen) atoms. The minimum Gasteiger partial charge on any atom is -0.375 e. The van der Waals surface area contributed by atoms with E-state index in [9.17, 15) is 9.59 Å². The van der Waals surface area contributed by atoms with Crippen molar-refractivity contribution in [1.29, 1.82) is 0 Å². The van der Waals surface area contributed by atoms with E-state index in [1.165, 1.54) is 53.8 Å². The van der Waals surface area contributed by atoms with Gasteiger partial charge in [-0.2, -0.15) is 0 Å². The molecule has 1 atom stereocenters. The van der Waals surface area contributed by atoms with Gasteiger partial charge in [0, 0.05) is 59.7 Å². The standard InChI is InChI=1S/C31H43N3O3S/c1-18-13-19(2)32-30(35)26(18)16-33-12-11-27-28(31(33)36)21(4)29(38-27)20(3)23-7-9-24(10-8-23)34-14-25(15-34)37-17-22-5-6-22/h13,20,22-25H,5-12,14-17H2,1-4H3,(H,32,35)/t20-,23-,24-/m1/s1. The number of fused-ring (bicyclic) bond motifs is 1. The van der Waals surface area contributed by atoms with Gasteiger partial charge in [0.15, 0.2) is 0 Å². The van der Waals surface area contributed by atoms with Crippen LogP contribution < -0.4 is 5.56 Å². The third kappa shape index (κ3) is 5.14. The summed E-state index contributed by atoms with van der Waals surface area (Å²) in [6.07, 6.45) is 9.20. The molecule has 2 aliphatic heterocycles. The number of carbonyl (C=O) groups excluding carboxylic acids is 1. The van der Waals surface area contributed by atoms with Gasteiger partial charge in [0.05, 0.1) is 18.2 Å². The monoisotopic (exact) mass is 537 g/mol. The first-order valence-corrected chi connectivity index (χ1v) is 15.6. The van der Waals surface area contributed by atoms with Gasteiger partial charge in [0.2, 0.25) is 0 Å². The fourth-order valence-corrected chi connectivity index (χ4v) is 8.44. The van der Waals surface area contributed by atoms with Gasteiger partial charge in [0.1, 0.15) is 0 Å². The average molecular weight is 538 g/mol. The molecule has 0 aromatic carbocycles. The highest BCUT2D eigenvalue weighted by atomic mass is 32.1. The summed E-state index contributed by atoms with van der Waals surface area (Å²) in [6.45, 7) is 12.7. The first-order chi connectivity index (χ1) is 18.3. The van der Waals surface area contributed by atoms with Crippen LogP contribution in [0.1, 0.15) is 93.9 Å². The molecule has 1 N–H and O–H groups in total. The number of aromatic nitrogens is 1. The number of hydrogen-bond acceptors (Lipinski definition) is 5. The van der Waals surface area contributed by atoms with E-state index in [4.69, 9.17) is 4.74 Å². The van der Waals surface area contributed by atoms with Crippen LogP contribution in [0, 0.1) is 32.6 Å². The predicted octanol–water partition coefficient (Wildman–Crippen LogP) is 5.33. The van der Waals surface area contributed by atoms with Gasteiger partial charge in [0.25, 0.3) is 11.5 Å². The summed E-state index contributed by atoms with van der Waals surface area (Å²) >= 11 is 1.88. The number of pyridine rings is 1. The SMILES string of the molecule is Cc1cc(C)c(CN2CCc3sc([C@H](C)[C@H]4CC[C@H](N5CC(OCC6CC6)C5)CC4)c(C)c3C2=O)c(=O)[nH]1. The zero-order chi connectivity index (χ0) is 26.6. The average Bonchev–Trinajstić information content (AvgIpc) is 3.63. The van der Waals surface area contributed by atoms with Gasteiger partial charge >= 0.3 is 0 Å². The van der Waals surface area contributed by atoms with Gasteiger partial charge in [-0.25, -0.2) is 0 Å². The van der Waals surface area contributed by atoms with Crippen LogP contribution in [0.3, 0.4) is 0 Å². The molecule has 206 valence electrons. The molecule has 2 aromatic rings. The van der Waals surface area contributed by atoms with Crippen LogP contribution in [0.5, 0.6) is 0 Å². The van der Waals surface area contributed by atoms with E-state index in [0.717, 1.165) is 54.9 Å². The second-order valence-corrected chi connectivity index (χ2v) is 13.7. The smallest absolute Gasteiger partial charge is 0.255 e. The van der Waals surface area contributed by atoms with Crippen LogP contribution in [-0.2, 0) is 17.7 Å². The molecule has 6 nitrogen and oxygen atoms in total. The third-order valence-electron chi connectivity index (χ3n) is 9.73. The number of hydrogen-bond donors (Lipinski definition) is 1. The summed E-state index contributed by atoms with van der Waals surface area (Å²) in [5.41, 5.74) is 4.53. The Bertz CT molecular complexity index is 1250. The Labute approximate surface area is 230 Å². The summed E-state index contributed by atoms with van der Waals surface area (Å²) in [7, 11) is 0. The molecule has 1 saturated heterocycles. The van der Waals surface area contributed by atoms with Gasteiger partial charge in [-0.15, -0.1) is 11.3 Å². The van der Waals surface area contributed by atoms with Gasteiger partial charge in [-0.3, -0.25) is 14.5 Å². The van der Waals surface area contributed by atoms with Crippen LogP contribution in [0.25, 0.3) is 0 Å². The van der Waals surface area contributed by atoms with E-state index in [1.54, 1.807) is 0 Å². The summed E-state index contributed by atoms with van der Waals surface area (Å²) in [6, 6.07) is 2.71. The third-order valence-corrected chi connectivity index (χ3v) is 11.3. The first-order valence-electron chi connectivity index (χ1n) is 14.7. The zero-order valence-corrected chi connectivity index (χ0v) is 24.3. The second kappa shape index (κ2) is 10.5. The van der Waals surface area contributed by atoms with Crippen LogP contribution in [0.15, 0.2) is 10.9 Å². The first kappa shape index (κ1) is 26.3. The van der Waals surface area contributed by atoms with Crippen molar-refractivity contribution in [3.05, 3.63) is 54.1 Å². The highest BCUT2D eigenvalue weighted by Gasteiger charge is 2.38. The maximum atomic E-state index is 13.6. The number of rotatable bonds is 8. The predicted molar refractivity (Wildman–Crippen MR) is 152 cm³/mol. The number of aromatic amines is 1. The largest absolute Gasteiger partial charge is 0.375 e. The molecule has 0 unspecified atom stereocenters. The number of thiophene rings is 1. The highest BCUT2D eigenvalue weighted by molar-refractivity contribution is 7.12. The summed E-state index contributed by atoms with van der Waals surface area (Å²) in [5, 5.41) is 0. The molecule has 2 saturated carbocycles. The lowest BCUT2D eigenvalue weighted by atomic mass is 9.76. The molecule has 4 heterocycles. The Balaban J connectivity index is 1.07. The Hall–Kier alpha value is -1.96. The molecular formula is C31H43N3O3S. The van der Waals surface area contributed by atoms with Crippen molar-refractivity contribution < 1.29 is 9.53 Å². The van der Waals surface area contributed by atoms with Gasteiger partial charge < -0.3 is 14.6 Å². The fourth-order valence-electron chi connectivity index (χ4n) is 7.01. The number of amides is 1. The summed E-state index contributed by atoms with van der Waals surface area (Å²) in [4.78, 5) is 36.3. The van der Waals surface area contributed by atoms with Crippen molar-refractivity contribution in [2.75, 3.05) is 26.2 Å². The lowest BCUT2D eigenvalue weighted by molar-refractivity contribution is -0.0820. The molecule has 0 bridgehead atoms. The summed E-state index contributed by atoms with van der Waals surface area (Å²) < 4.78 is 6.07. The van der Waals surface area contributed by atoms with Crippen molar-refractivity contribution in [2.45, 2.75) is 97.2 Å². The van der Waals surface area contributed by atoms with Crippen molar-refractivity contribution >= 4 is 17.2 Å². The number of nitrogens with zero attached hydrogens (tertiary/aromatic N) is 2. The fraction of sp³-hybridized carbons (Fsp3) is 0.677. The quantitative estimate of drug-likeness (QED) is 0.494. The van der Waals surface area contributed by atoms with Crippen LogP contribution in [0.4, 0.5) is 0 Å². The number of aryl methyl sites for hydroxylation is 2. The van der Waals surface area contributed by atoms with Gasteiger partial charge in [-0.05, 0) is 94.2 Å². The second-order valence-electron chi connectivity index (χ2n) is 12.5. The minimum atomic E-state index is -0.0763. The molecule has 7 heteroatoms. The molecular weight excluding hydrogens is 494 g/mol. The molecule has 1 amide bonds. The maximum Gasteiger partial charge on any atom is 0.255 e. The van der Waals surface area contributed by atoms with E-state index in [1.807, 2.05) is 36.2 Å². The van der Waals surface area contributed by atoms with Gasteiger partial charge in [-0.1, -0.05) is 6.92 Å². The van der Waals surface area contributed by atoms with Crippen molar-refractivity contribution in [2.24, 2.45) is 11.8 Å². The lowest BCUT2D eigenvalue weighted by Crippen LogP contribution is -2.57. The summed E-state index contributed by atoms with van der Waals surface area (Å²) in [5.74, 6) is 2.12. The van der Waals surface area contributed by atoms with E-state index in [-0.39, 0.29) is 11.5 Å². The number of likely N-dealkylation sites (tertiary alicyclic amines) is 1. The number of carbonyl (C=O) groups is 1. The molecule has 6 rings (SSSR count). The van der Waals surface area contributed by atoms with E-state index < -0.39 is 0 Å². The number of H-pyrrole nitrogens is 1. The Morgan fingerprint density at radius 3 is 2.50 bits per heavy atom. The highest BCUT2D eigenvalue weighted by Crippen LogP contribution is 2.44. The topological polar surface area (TPSA) is 65.6 Å². The Morgan fingerprint density at radius 2 is 1.82 bits per heavy atom. The number of nitrogens with one attached hydrogen (secondary N) is 1. The maximum absolute atomic E-state index is 13.6.